The SMILES string of the molecule is COc1nccc2c1CC(C(=O)O)N2C(=O)OC(C)(C)C. The minimum absolute atomic E-state index is 0.140. The predicted molar refractivity (Wildman–Crippen MR) is 74.6 cm³/mol. The van der Waals surface area contributed by atoms with E-state index in [0.717, 1.165) is 4.90 Å². The summed E-state index contributed by atoms with van der Waals surface area (Å²) in [6.45, 7) is 5.18. The lowest BCUT2D eigenvalue weighted by Crippen LogP contribution is -2.45. The fraction of sp³-hybridized carbons (Fsp3) is 0.500. The summed E-state index contributed by atoms with van der Waals surface area (Å²) in [7, 11) is 1.45. The first kappa shape index (κ1) is 15.1. The molecule has 0 fully saturated rings. The van der Waals surface area contributed by atoms with Gasteiger partial charge in [0.2, 0.25) is 5.88 Å². The molecular weight excluding hydrogens is 276 g/mol. The fourth-order valence-electron chi connectivity index (χ4n) is 2.24. The number of carbonyl (C=O) groups is 2. The number of methoxy groups -OCH3 is 1. The van der Waals surface area contributed by atoms with E-state index in [0.29, 0.717) is 17.1 Å². The second kappa shape index (κ2) is 5.23. The first-order valence-electron chi connectivity index (χ1n) is 6.51. The van der Waals surface area contributed by atoms with Gasteiger partial charge in [-0.2, -0.15) is 0 Å². The Hall–Kier alpha value is -2.31. The number of aliphatic carboxylic acids is 1. The molecule has 2 heterocycles. The summed E-state index contributed by atoms with van der Waals surface area (Å²) in [4.78, 5) is 28.9. The van der Waals surface area contributed by atoms with Gasteiger partial charge in [0, 0.05) is 18.2 Å². The minimum Gasteiger partial charge on any atom is -0.481 e. The van der Waals surface area contributed by atoms with Gasteiger partial charge < -0.3 is 14.6 Å². The van der Waals surface area contributed by atoms with Crippen molar-refractivity contribution < 1.29 is 24.2 Å². The lowest BCUT2D eigenvalue weighted by molar-refractivity contribution is -0.138. The highest BCUT2D eigenvalue weighted by Crippen LogP contribution is 2.37. The molecule has 1 aromatic heterocycles. The molecule has 0 radical (unpaired) electrons. The Morgan fingerprint density at radius 1 is 1.43 bits per heavy atom. The molecule has 1 aromatic rings. The molecule has 21 heavy (non-hydrogen) atoms. The molecule has 1 unspecified atom stereocenters. The van der Waals surface area contributed by atoms with E-state index in [1.165, 1.54) is 13.3 Å². The van der Waals surface area contributed by atoms with E-state index in [9.17, 15) is 14.7 Å². The van der Waals surface area contributed by atoms with Crippen molar-refractivity contribution in [3.05, 3.63) is 17.8 Å². The van der Waals surface area contributed by atoms with Gasteiger partial charge in [-0.3, -0.25) is 4.90 Å². The molecule has 1 N–H and O–H groups in total. The summed E-state index contributed by atoms with van der Waals surface area (Å²) in [5.41, 5.74) is 0.349. The molecule has 0 bridgehead atoms. The molecule has 0 aliphatic carbocycles. The van der Waals surface area contributed by atoms with Crippen molar-refractivity contribution in [2.75, 3.05) is 12.0 Å². The van der Waals surface area contributed by atoms with E-state index in [1.807, 2.05) is 0 Å². The molecule has 1 atom stereocenters. The number of hydrogen-bond acceptors (Lipinski definition) is 5. The molecule has 7 nitrogen and oxygen atoms in total. The molecule has 0 saturated heterocycles. The van der Waals surface area contributed by atoms with Crippen molar-refractivity contribution in [1.82, 2.24) is 4.98 Å². The van der Waals surface area contributed by atoms with Crippen LogP contribution in [0.15, 0.2) is 12.3 Å². The molecular formula is C14H18N2O5. The van der Waals surface area contributed by atoms with E-state index in [1.54, 1.807) is 26.8 Å². The highest BCUT2D eigenvalue weighted by Gasteiger charge is 2.42. The number of rotatable bonds is 2. The van der Waals surface area contributed by atoms with Gasteiger partial charge in [0.1, 0.15) is 11.6 Å². The number of pyridine rings is 1. The van der Waals surface area contributed by atoms with Gasteiger partial charge in [-0.05, 0) is 26.8 Å². The van der Waals surface area contributed by atoms with E-state index in [2.05, 4.69) is 4.98 Å². The van der Waals surface area contributed by atoms with Crippen LogP contribution in [0.2, 0.25) is 0 Å². The Morgan fingerprint density at radius 2 is 2.10 bits per heavy atom. The van der Waals surface area contributed by atoms with E-state index in [4.69, 9.17) is 9.47 Å². The summed E-state index contributed by atoms with van der Waals surface area (Å²) in [5.74, 6) is -0.774. The summed E-state index contributed by atoms with van der Waals surface area (Å²) in [6.07, 6.45) is 0.919. The lowest BCUT2D eigenvalue weighted by atomic mass is 10.1. The van der Waals surface area contributed by atoms with Crippen LogP contribution in [0, 0.1) is 0 Å². The van der Waals surface area contributed by atoms with E-state index >= 15 is 0 Å². The van der Waals surface area contributed by atoms with Gasteiger partial charge in [-0.25, -0.2) is 14.6 Å². The van der Waals surface area contributed by atoms with Crippen LogP contribution in [0.5, 0.6) is 5.88 Å². The van der Waals surface area contributed by atoms with Crippen molar-refractivity contribution in [2.24, 2.45) is 0 Å². The van der Waals surface area contributed by atoms with Crippen LogP contribution in [0.3, 0.4) is 0 Å². The number of amides is 1. The number of ether oxygens (including phenoxy) is 2. The molecule has 114 valence electrons. The minimum atomic E-state index is -1.10. The number of carboxylic acids is 1. The van der Waals surface area contributed by atoms with E-state index < -0.39 is 23.7 Å². The Bertz CT molecular complexity index is 579. The third kappa shape index (κ3) is 2.91. The monoisotopic (exact) mass is 294 g/mol. The third-order valence-corrected chi connectivity index (χ3v) is 3.03. The zero-order chi connectivity index (χ0) is 15.8. The molecule has 2 rings (SSSR count). The van der Waals surface area contributed by atoms with Crippen LogP contribution in [0.1, 0.15) is 26.3 Å². The Labute approximate surface area is 122 Å². The van der Waals surface area contributed by atoms with Crippen molar-refractivity contribution in [3.63, 3.8) is 0 Å². The summed E-state index contributed by atoms with van der Waals surface area (Å²) in [6, 6.07) is 0.568. The second-order valence-electron chi connectivity index (χ2n) is 5.73. The predicted octanol–water partition coefficient (Wildman–Crippen LogP) is 1.84. The van der Waals surface area contributed by atoms with Gasteiger partial charge in [0.25, 0.3) is 0 Å². The van der Waals surface area contributed by atoms with E-state index in [-0.39, 0.29) is 6.42 Å². The zero-order valence-electron chi connectivity index (χ0n) is 12.4. The average Bonchev–Trinajstić information content (AvgIpc) is 2.75. The van der Waals surface area contributed by atoms with Crippen molar-refractivity contribution >= 4 is 17.7 Å². The highest BCUT2D eigenvalue weighted by molar-refractivity contribution is 5.99. The highest BCUT2D eigenvalue weighted by atomic mass is 16.6. The van der Waals surface area contributed by atoms with Gasteiger partial charge >= 0.3 is 12.1 Å². The number of carboxylic acid groups (broad SMARTS) is 1. The van der Waals surface area contributed by atoms with Gasteiger partial charge in [-0.15, -0.1) is 0 Å². The van der Waals surface area contributed by atoms with Crippen LogP contribution >= 0.6 is 0 Å². The normalized spacial score (nSPS) is 17.3. The van der Waals surface area contributed by atoms with Crippen LogP contribution in [0.25, 0.3) is 0 Å². The summed E-state index contributed by atoms with van der Waals surface area (Å²) in [5, 5.41) is 9.36. The topological polar surface area (TPSA) is 89.0 Å². The van der Waals surface area contributed by atoms with Crippen molar-refractivity contribution in [3.8, 4) is 5.88 Å². The van der Waals surface area contributed by atoms with Gasteiger partial charge in [0.15, 0.2) is 0 Å². The van der Waals surface area contributed by atoms with Crippen molar-refractivity contribution in [2.45, 2.75) is 38.8 Å². The first-order chi connectivity index (χ1) is 9.74. The molecule has 7 heteroatoms. The van der Waals surface area contributed by atoms with Gasteiger partial charge in [-0.1, -0.05) is 0 Å². The number of aromatic nitrogens is 1. The fourth-order valence-corrected chi connectivity index (χ4v) is 2.24. The first-order valence-corrected chi connectivity index (χ1v) is 6.51. The quantitative estimate of drug-likeness (QED) is 0.895. The van der Waals surface area contributed by atoms with Crippen LogP contribution < -0.4 is 9.64 Å². The molecule has 1 aliphatic heterocycles. The van der Waals surface area contributed by atoms with Crippen LogP contribution in [-0.4, -0.2) is 40.9 Å². The van der Waals surface area contributed by atoms with Crippen LogP contribution in [0.4, 0.5) is 10.5 Å². The number of carbonyl (C=O) groups excluding carboxylic acids is 1. The Balaban J connectivity index is 2.43. The summed E-state index contributed by atoms with van der Waals surface area (Å²) >= 11 is 0. The number of fused-ring (bicyclic) bond motifs is 1. The zero-order valence-corrected chi connectivity index (χ0v) is 12.4. The molecule has 0 saturated carbocycles. The molecule has 1 amide bonds. The average molecular weight is 294 g/mol. The smallest absolute Gasteiger partial charge is 0.415 e. The van der Waals surface area contributed by atoms with Crippen molar-refractivity contribution in [1.29, 1.82) is 0 Å². The molecule has 0 spiro atoms. The molecule has 0 aromatic carbocycles. The summed E-state index contributed by atoms with van der Waals surface area (Å²) < 4.78 is 10.4. The van der Waals surface area contributed by atoms with Crippen LogP contribution in [-0.2, 0) is 16.0 Å². The number of anilines is 1. The number of nitrogens with zero attached hydrogens (tertiary/aromatic N) is 2. The Morgan fingerprint density at radius 3 is 2.62 bits per heavy atom. The maximum Gasteiger partial charge on any atom is 0.415 e. The standard InChI is InChI=1S/C14H18N2O5/c1-14(2,3)21-13(19)16-9-5-6-15-11(20-4)8(9)7-10(16)12(17)18/h5-6,10H,7H2,1-4H3,(H,17,18). The third-order valence-electron chi connectivity index (χ3n) is 3.03. The lowest BCUT2D eigenvalue weighted by Gasteiger charge is -2.27. The number of hydrogen-bond donors (Lipinski definition) is 1. The second-order valence-corrected chi connectivity index (χ2v) is 5.73. The maximum absolute atomic E-state index is 12.3. The Kier molecular flexibility index (Phi) is 3.76. The largest absolute Gasteiger partial charge is 0.481 e. The maximum atomic E-state index is 12.3. The van der Waals surface area contributed by atoms with Gasteiger partial charge in [0.05, 0.1) is 12.8 Å². The molecule has 1 aliphatic rings.